The lowest BCUT2D eigenvalue weighted by Crippen LogP contribution is -2.62. The van der Waals surface area contributed by atoms with Crippen molar-refractivity contribution in [3.63, 3.8) is 0 Å². The molecule has 0 aromatic heterocycles. The van der Waals surface area contributed by atoms with E-state index in [9.17, 15) is 9.59 Å². The zero-order valence-electron chi connectivity index (χ0n) is 17.3. The number of aryl methyl sites for hydroxylation is 1. The second-order valence-corrected chi connectivity index (χ2v) is 9.83. The van der Waals surface area contributed by atoms with Crippen molar-refractivity contribution in [2.45, 2.75) is 40.5 Å². The van der Waals surface area contributed by atoms with Gasteiger partial charge in [-0.2, -0.15) is 0 Å². The molecule has 2 bridgehead atoms. The number of anilines is 1. The normalized spacial score (nSPS) is 30.2. The zero-order valence-corrected chi connectivity index (χ0v) is 18.1. The largest absolute Gasteiger partial charge is 0.369 e. The number of piperidine rings is 1. The molecule has 2 aliphatic heterocycles. The molecule has 3 fully saturated rings. The Hall–Kier alpha value is -1.59. The molecule has 152 valence electrons. The van der Waals surface area contributed by atoms with Gasteiger partial charge in [0.05, 0.1) is 12.1 Å². The van der Waals surface area contributed by atoms with E-state index in [-0.39, 0.29) is 23.1 Å². The molecule has 2 saturated heterocycles. The molecule has 1 saturated carbocycles. The summed E-state index contributed by atoms with van der Waals surface area (Å²) in [5, 5.41) is 0.749. The minimum atomic E-state index is -0.425. The van der Waals surface area contributed by atoms with Gasteiger partial charge in [-0.25, -0.2) is 0 Å². The van der Waals surface area contributed by atoms with Crippen molar-refractivity contribution in [2.75, 3.05) is 37.7 Å². The van der Waals surface area contributed by atoms with Crippen LogP contribution in [-0.2, 0) is 9.59 Å². The smallest absolute Gasteiger partial charge is 0.236 e. The molecule has 1 aromatic carbocycles. The maximum absolute atomic E-state index is 13.2. The summed E-state index contributed by atoms with van der Waals surface area (Å²) in [6.07, 6.45) is 1.64. The molecule has 5 nitrogen and oxygen atoms in total. The summed E-state index contributed by atoms with van der Waals surface area (Å²) in [5.74, 6) is 0.00746. The van der Waals surface area contributed by atoms with Crippen LogP contribution < -0.4 is 4.90 Å². The van der Waals surface area contributed by atoms with E-state index in [0.29, 0.717) is 6.67 Å². The number of benzene rings is 1. The highest BCUT2D eigenvalue weighted by Crippen LogP contribution is 2.60. The highest BCUT2D eigenvalue weighted by Gasteiger charge is 2.64. The van der Waals surface area contributed by atoms with Crippen molar-refractivity contribution >= 4 is 29.1 Å². The van der Waals surface area contributed by atoms with Crippen LogP contribution in [0.2, 0.25) is 5.02 Å². The van der Waals surface area contributed by atoms with Crippen LogP contribution in [0.3, 0.4) is 0 Å². The highest BCUT2D eigenvalue weighted by molar-refractivity contribution is 6.30. The third kappa shape index (κ3) is 2.86. The lowest BCUT2D eigenvalue weighted by atomic mass is 9.62. The molecule has 28 heavy (non-hydrogen) atoms. The van der Waals surface area contributed by atoms with Crippen LogP contribution in [0.15, 0.2) is 18.2 Å². The number of rotatable bonds is 3. The average molecular weight is 404 g/mol. The minimum Gasteiger partial charge on any atom is -0.369 e. The summed E-state index contributed by atoms with van der Waals surface area (Å²) >= 11 is 6.18. The average Bonchev–Trinajstić information content (AvgIpc) is 2.85. The van der Waals surface area contributed by atoms with Crippen molar-refractivity contribution in [3.8, 4) is 0 Å². The molecule has 6 heteroatoms. The van der Waals surface area contributed by atoms with Crippen molar-refractivity contribution in [1.29, 1.82) is 0 Å². The number of imide groups is 1. The summed E-state index contributed by atoms with van der Waals surface area (Å²) < 4.78 is 0. The van der Waals surface area contributed by atoms with Crippen LogP contribution in [0.1, 0.15) is 39.2 Å². The Morgan fingerprint density at radius 1 is 1.11 bits per heavy atom. The standard InChI is InChI=1S/C22H30ClN3O2/c1-15-5-6-16(23)13-18(15)25-11-9-24(10-12-25)14-26-19(27)17-7-8-22(4,20(26)28)21(17,2)3/h5-6,13,17H,7-12,14H2,1-4H3/t17-,22+/m0/s1. The molecule has 2 amide bonds. The molecule has 2 heterocycles. The summed E-state index contributed by atoms with van der Waals surface area (Å²) in [7, 11) is 0. The number of fused-ring (bicyclic) bond motifs is 2. The van der Waals surface area contributed by atoms with E-state index in [1.807, 2.05) is 18.2 Å². The van der Waals surface area contributed by atoms with Crippen LogP contribution in [0.25, 0.3) is 0 Å². The fraction of sp³-hybridized carbons (Fsp3) is 0.636. The maximum atomic E-state index is 13.2. The Kier molecular flexibility index (Phi) is 4.74. The summed E-state index contributed by atoms with van der Waals surface area (Å²) in [4.78, 5) is 32.4. The molecule has 1 aliphatic carbocycles. The first-order valence-corrected chi connectivity index (χ1v) is 10.6. The number of carbonyl (C=O) groups excluding carboxylic acids is 2. The second-order valence-electron chi connectivity index (χ2n) is 9.39. The minimum absolute atomic E-state index is 0.0179. The first kappa shape index (κ1) is 19.7. The maximum Gasteiger partial charge on any atom is 0.236 e. The lowest BCUT2D eigenvalue weighted by Gasteiger charge is -2.49. The monoisotopic (exact) mass is 403 g/mol. The zero-order chi connectivity index (χ0) is 20.3. The molecule has 0 spiro atoms. The van der Waals surface area contributed by atoms with Gasteiger partial charge >= 0.3 is 0 Å². The van der Waals surface area contributed by atoms with Crippen molar-refractivity contribution in [3.05, 3.63) is 28.8 Å². The number of hydrogen-bond donors (Lipinski definition) is 0. The Morgan fingerprint density at radius 3 is 2.46 bits per heavy atom. The Labute approximate surface area is 172 Å². The predicted octanol–water partition coefficient (Wildman–Crippen LogP) is 3.54. The van der Waals surface area contributed by atoms with E-state index in [1.165, 1.54) is 11.3 Å². The molecular formula is C22H30ClN3O2. The third-order valence-electron chi connectivity index (χ3n) is 7.73. The van der Waals surface area contributed by atoms with Crippen LogP contribution in [0.5, 0.6) is 0 Å². The predicted molar refractivity (Wildman–Crippen MR) is 111 cm³/mol. The number of piperazine rings is 1. The van der Waals surface area contributed by atoms with Gasteiger partial charge in [0.1, 0.15) is 0 Å². The van der Waals surface area contributed by atoms with E-state index < -0.39 is 5.41 Å². The number of hydrogen-bond acceptors (Lipinski definition) is 4. The third-order valence-corrected chi connectivity index (χ3v) is 7.97. The van der Waals surface area contributed by atoms with Crippen molar-refractivity contribution < 1.29 is 9.59 Å². The summed E-state index contributed by atoms with van der Waals surface area (Å²) in [6, 6.07) is 5.98. The Morgan fingerprint density at radius 2 is 1.79 bits per heavy atom. The fourth-order valence-corrected chi connectivity index (χ4v) is 5.46. The number of halogens is 1. The van der Waals surface area contributed by atoms with Gasteiger partial charge in [-0.05, 0) is 42.9 Å². The number of nitrogens with zero attached hydrogens (tertiary/aromatic N) is 3. The van der Waals surface area contributed by atoms with Crippen molar-refractivity contribution in [1.82, 2.24) is 9.80 Å². The molecule has 0 N–H and O–H groups in total. The van der Waals surface area contributed by atoms with Gasteiger partial charge in [-0.15, -0.1) is 0 Å². The van der Waals surface area contributed by atoms with Gasteiger partial charge < -0.3 is 4.90 Å². The number of likely N-dealkylation sites (tertiary alicyclic amines) is 1. The van der Waals surface area contributed by atoms with Gasteiger partial charge in [0.25, 0.3) is 0 Å². The van der Waals surface area contributed by atoms with E-state index in [4.69, 9.17) is 11.6 Å². The number of carbonyl (C=O) groups is 2. The summed E-state index contributed by atoms with van der Waals surface area (Å²) in [6.45, 7) is 12.1. The Bertz CT molecular complexity index is 816. The molecule has 0 unspecified atom stereocenters. The quantitative estimate of drug-likeness (QED) is 0.724. The highest BCUT2D eigenvalue weighted by atomic mass is 35.5. The van der Waals surface area contributed by atoms with Crippen LogP contribution in [-0.4, -0.2) is 54.5 Å². The first-order chi connectivity index (χ1) is 13.1. The van der Waals surface area contributed by atoms with E-state index >= 15 is 0 Å². The molecule has 4 rings (SSSR count). The number of amides is 2. The molecule has 3 aliphatic rings. The van der Waals surface area contributed by atoms with Gasteiger partial charge in [-0.1, -0.05) is 38.4 Å². The second kappa shape index (κ2) is 6.74. The Balaban J connectivity index is 1.44. The van der Waals surface area contributed by atoms with Crippen LogP contribution >= 0.6 is 11.6 Å². The van der Waals surface area contributed by atoms with Gasteiger partial charge in [0.2, 0.25) is 11.8 Å². The molecular weight excluding hydrogens is 374 g/mol. The fourth-order valence-electron chi connectivity index (χ4n) is 5.29. The van der Waals surface area contributed by atoms with Crippen LogP contribution in [0, 0.1) is 23.7 Å². The van der Waals surface area contributed by atoms with E-state index in [0.717, 1.165) is 44.0 Å². The van der Waals surface area contributed by atoms with Crippen LogP contribution in [0.4, 0.5) is 5.69 Å². The van der Waals surface area contributed by atoms with Gasteiger partial charge in [0.15, 0.2) is 0 Å². The van der Waals surface area contributed by atoms with Crippen molar-refractivity contribution in [2.24, 2.45) is 16.7 Å². The summed E-state index contributed by atoms with van der Waals surface area (Å²) in [5.41, 5.74) is 1.71. The first-order valence-electron chi connectivity index (χ1n) is 10.2. The van der Waals surface area contributed by atoms with E-state index in [1.54, 1.807) is 4.90 Å². The molecule has 2 atom stereocenters. The SMILES string of the molecule is Cc1ccc(Cl)cc1N1CCN(CN2C(=O)[C@@H]3CC[C@](C)(C2=O)C3(C)C)CC1. The molecule has 1 aromatic rings. The topological polar surface area (TPSA) is 43.9 Å². The van der Waals surface area contributed by atoms with E-state index in [2.05, 4.69) is 37.5 Å². The molecule has 0 radical (unpaired) electrons. The van der Waals surface area contributed by atoms with Gasteiger partial charge in [0, 0.05) is 42.8 Å². The lowest BCUT2D eigenvalue weighted by molar-refractivity contribution is -0.170. The van der Waals surface area contributed by atoms with Gasteiger partial charge in [-0.3, -0.25) is 19.4 Å².